The van der Waals surface area contributed by atoms with Crippen LogP contribution < -0.4 is 24.3 Å². The second-order valence-corrected chi connectivity index (χ2v) is 7.35. The topological polar surface area (TPSA) is 107 Å². The van der Waals surface area contributed by atoms with Gasteiger partial charge in [0, 0.05) is 12.6 Å². The minimum Gasteiger partial charge on any atom is -0.493 e. The van der Waals surface area contributed by atoms with Crippen molar-refractivity contribution in [3.05, 3.63) is 59.2 Å². The summed E-state index contributed by atoms with van der Waals surface area (Å²) in [7, 11) is 2.99. The van der Waals surface area contributed by atoms with Crippen molar-refractivity contribution in [3.8, 4) is 29.1 Å². The summed E-state index contributed by atoms with van der Waals surface area (Å²) >= 11 is 0. The van der Waals surface area contributed by atoms with Crippen LogP contribution in [0.3, 0.4) is 0 Å². The second-order valence-electron chi connectivity index (χ2n) is 7.35. The lowest BCUT2D eigenvalue weighted by molar-refractivity contribution is -0.129. The van der Waals surface area contributed by atoms with E-state index in [0.717, 1.165) is 18.4 Å². The molecule has 0 heterocycles. The van der Waals surface area contributed by atoms with Crippen LogP contribution >= 0.6 is 0 Å². The van der Waals surface area contributed by atoms with Crippen molar-refractivity contribution < 1.29 is 28.5 Å². The lowest BCUT2D eigenvalue weighted by atomic mass is 10.1. The zero-order chi connectivity index (χ0) is 25.6. The molecule has 0 aliphatic heterocycles. The monoisotopic (exact) mass is 478 g/mol. The van der Waals surface area contributed by atoms with E-state index in [-0.39, 0.29) is 17.1 Å². The Hall–Kier alpha value is -4.25. The molecule has 0 fully saturated rings. The van der Waals surface area contributed by atoms with E-state index in [1.54, 1.807) is 37.5 Å². The second kappa shape index (κ2) is 14.1. The summed E-state index contributed by atoms with van der Waals surface area (Å²) in [5.74, 6) is 0.638. The summed E-state index contributed by atoms with van der Waals surface area (Å²) in [5, 5.41) is 12.0. The Bertz CT molecular complexity index is 1130. The van der Waals surface area contributed by atoms with Gasteiger partial charge in [0.25, 0.3) is 5.91 Å². The molecule has 0 saturated heterocycles. The fourth-order valence-corrected chi connectivity index (χ4v) is 2.93. The number of nitriles is 1. The number of hydrogen-bond acceptors (Lipinski definition) is 7. The summed E-state index contributed by atoms with van der Waals surface area (Å²) in [5.41, 5.74) is 1.26. The van der Waals surface area contributed by atoms with Crippen molar-refractivity contribution in [1.82, 2.24) is 5.32 Å². The third-order valence-electron chi connectivity index (χ3n) is 4.67. The first-order valence-electron chi connectivity index (χ1n) is 11.2. The molecule has 0 aliphatic carbocycles. The number of nitrogens with one attached hydrogen (secondary N) is 1. The maximum absolute atomic E-state index is 12.4. The highest BCUT2D eigenvalue weighted by atomic mass is 16.6. The number of carbonyl (C=O) groups is 2. The van der Waals surface area contributed by atoms with Crippen LogP contribution in [0.2, 0.25) is 0 Å². The largest absolute Gasteiger partial charge is 0.493 e. The van der Waals surface area contributed by atoms with Crippen LogP contribution in [0.5, 0.6) is 23.0 Å². The third kappa shape index (κ3) is 8.23. The van der Waals surface area contributed by atoms with E-state index in [4.69, 9.17) is 18.9 Å². The Morgan fingerprint density at radius 2 is 1.60 bits per heavy atom. The van der Waals surface area contributed by atoms with Crippen LogP contribution in [0, 0.1) is 11.3 Å². The van der Waals surface area contributed by atoms with E-state index in [1.165, 1.54) is 25.3 Å². The summed E-state index contributed by atoms with van der Waals surface area (Å²) in [6.45, 7) is 5.00. The summed E-state index contributed by atoms with van der Waals surface area (Å²) in [4.78, 5) is 24.5. The molecule has 184 valence electrons. The van der Waals surface area contributed by atoms with Gasteiger partial charge < -0.3 is 24.3 Å². The van der Waals surface area contributed by atoms with Crippen molar-refractivity contribution >= 4 is 24.0 Å². The van der Waals surface area contributed by atoms with Gasteiger partial charge in [-0.05, 0) is 60.4 Å². The Labute approximate surface area is 205 Å². The lowest BCUT2D eigenvalue weighted by Gasteiger charge is -2.10. The molecule has 2 aromatic rings. The number of hydrogen-bond donors (Lipinski definition) is 1. The number of nitrogens with zero attached hydrogens (tertiary/aromatic N) is 1. The number of esters is 1. The standard InChI is InChI=1S/C27H30N2O6/c1-5-13-29-27(31)21(18-28)15-20-8-11-23(25(17-20)33-4)35-26(30)12-9-19-7-10-22(34-14-6-2)24(16-19)32-3/h7-12,15-17H,5-6,13-14H2,1-4H3,(H,29,31)/b12-9+,21-15+. The molecule has 8 heteroatoms. The van der Waals surface area contributed by atoms with Crippen LogP contribution in [0.15, 0.2) is 48.0 Å². The third-order valence-corrected chi connectivity index (χ3v) is 4.67. The minimum atomic E-state index is -0.603. The molecular formula is C27H30N2O6. The average Bonchev–Trinajstić information content (AvgIpc) is 2.88. The maximum atomic E-state index is 12.4. The van der Waals surface area contributed by atoms with Gasteiger partial charge in [-0.15, -0.1) is 0 Å². The molecule has 0 bridgehead atoms. The van der Waals surface area contributed by atoms with Crippen LogP contribution in [0.4, 0.5) is 0 Å². The zero-order valence-corrected chi connectivity index (χ0v) is 20.4. The molecule has 1 N–H and O–H groups in total. The average molecular weight is 479 g/mol. The summed E-state index contributed by atoms with van der Waals surface area (Å²) in [6, 6.07) is 12.0. The van der Waals surface area contributed by atoms with Crippen LogP contribution in [0.1, 0.15) is 37.8 Å². The van der Waals surface area contributed by atoms with E-state index in [2.05, 4.69) is 5.32 Å². The molecule has 0 saturated carbocycles. The van der Waals surface area contributed by atoms with Crippen molar-refractivity contribution in [2.45, 2.75) is 26.7 Å². The van der Waals surface area contributed by atoms with Gasteiger partial charge in [0.05, 0.1) is 20.8 Å². The van der Waals surface area contributed by atoms with Crippen LogP contribution in [0.25, 0.3) is 12.2 Å². The Balaban J connectivity index is 2.13. The van der Waals surface area contributed by atoms with Crippen LogP contribution in [-0.4, -0.2) is 39.2 Å². The predicted octanol–water partition coefficient (Wildman–Crippen LogP) is 4.54. The quantitative estimate of drug-likeness (QED) is 0.206. The first-order chi connectivity index (χ1) is 16.9. The van der Waals surface area contributed by atoms with Crippen molar-refractivity contribution in [3.63, 3.8) is 0 Å². The fourth-order valence-electron chi connectivity index (χ4n) is 2.93. The summed E-state index contributed by atoms with van der Waals surface area (Å²) < 4.78 is 21.7. The van der Waals surface area contributed by atoms with Crippen LogP contribution in [-0.2, 0) is 9.59 Å². The zero-order valence-electron chi connectivity index (χ0n) is 20.4. The van der Waals surface area contributed by atoms with Gasteiger partial charge in [0.15, 0.2) is 23.0 Å². The Kier molecular flexibility index (Phi) is 10.9. The van der Waals surface area contributed by atoms with E-state index >= 15 is 0 Å². The molecule has 0 radical (unpaired) electrons. The van der Waals surface area contributed by atoms with Gasteiger partial charge in [-0.1, -0.05) is 26.0 Å². The molecule has 8 nitrogen and oxygen atoms in total. The lowest BCUT2D eigenvalue weighted by Crippen LogP contribution is -2.25. The Morgan fingerprint density at radius 3 is 2.26 bits per heavy atom. The highest BCUT2D eigenvalue weighted by molar-refractivity contribution is 6.01. The van der Waals surface area contributed by atoms with Gasteiger partial charge in [-0.25, -0.2) is 4.79 Å². The molecule has 1 amide bonds. The molecule has 0 aromatic heterocycles. The van der Waals surface area contributed by atoms with Crippen molar-refractivity contribution in [2.75, 3.05) is 27.4 Å². The van der Waals surface area contributed by atoms with Gasteiger partial charge in [0.1, 0.15) is 11.6 Å². The van der Waals surface area contributed by atoms with Gasteiger partial charge >= 0.3 is 5.97 Å². The SMILES string of the molecule is CCCNC(=O)/C(C#N)=C/c1ccc(OC(=O)/C=C/c2ccc(OCCC)c(OC)c2)c(OC)c1. The molecule has 0 spiro atoms. The van der Waals surface area contributed by atoms with Gasteiger partial charge in [-0.3, -0.25) is 4.79 Å². The molecule has 2 aromatic carbocycles. The number of carbonyl (C=O) groups excluding carboxylic acids is 2. The van der Waals surface area contributed by atoms with E-state index < -0.39 is 11.9 Å². The van der Waals surface area contributed by atoms with Gasteiger partial charge in [0.2, 0.25) is 0 Å². The molecular weight excluding hydrogens is 448 g/mol. The normalized spacial score (nSPS) is 11.0. The highest BCUT2D eigenvalue weighted by Crippen LogP contribution is 2.30. The van der Waals surface area contributed by atoms with Crippen molar-refractivity contribution in [1.29, 1.82) is 5.26 Å². The van der Waals surface area contributed by atoms with E-state index in [1.807, 2.05) is 26.0 Å². The predicted molar refractivity (Wildman–Crippen MR) is 133 cm³/mol. The minimum absolute atomic E-state index is 0.0327. The number of amides is 1. The molecule has 0 unspecified atom stereocenters. The molecule has 2 rings (SSSR count). The number of rotatable bonds is 12. The number of ether oxygens (including phenoxy) is 4. The first-order valence-corrected chi connectivity index (χ1v) is 11.2. The number of benzene rings is 2. The van der Waals surface area contributed by atoms with Gasteiger partial charge in [-0.2, -0.15) is 5.26 Å². The summed E-state index contributed by atoms with van der Waals surface area (Å²) in [6.07, 6.45) is 5.98. The maximum Gasteiger partial charge on any atom is 0.336 e. The van der Waals surface area contributed by atoms with Crippen molar-refractivity contribution in [2.24, 2.45) is 0 Å². The molecule has 0 atom stereocenters. The Morgan fingerprint density at radius 1 is 0.943 bits per heavy atom. The van der Waals surface area contributed by atoms with E-state index in [9.17, 15) is 14.9 Å². The first kappa shape index (κ1) is 27.0. The number of methoxy groups -OCH3 is 2. The fraction of sp³-hybridized carbons (Fsp3) is 0.296. The molecule has 35 heavy (non-hydrogen) atoms. The molecule has 0 aliphatic rings. The smallest absolute Gasteiger partial charge is 0.336 e. The highest BCUT2D eigenvalue weighted by Gasteiger charge is 2.12. The van der Waals surface area contributed by atoms with E-state index in [0.29, 0.717) is 30.2 Å².